The summed E-state index contributed by atoms with van der Waals surface area (Å²) in [5.41, 5.74) is 4.89. The highest BCUT2D eigenvalue weighted by Crippen LogP contribution is 1.94. The van der Waals surface area contributed by atoms with E-state index in [1.54, 1.807) is 0 Å². The molecule has 0 aliphatic carbocycles. The zero-order valence-electron chi connectivity index (χ0n) is 5.96. The van der Waals surface area contributed by atoms with Crippen molar-refractivity contribution < 1.29 is 18.7 Å². The van der Waals surface area contributed by atoms with Crippen LogP contribution in [0, 0.1) is 5.41 Å². The van der Waals surface area contributed by atoms with Crippen molar-refractivity contribution in [2.24, 2.45) is 5.73 Å². The van der Waals surface area contributed by atoms with Gasteiger partial charge in [-0.15, -0.1) is 0 Å². The molecule has 0 aromatic rings. The second-order valence-electron chi connectivity index (χ2n) is 1.63. The van der Waals surface area contributed by atoms with Crippen LogP contribution in [-0.2, 0) is 14.3 Å². The molecule has 0 spiro atoms. The van der Waals surface area contributed by atoms with E-state index in [0.717, 1.165) is 7.11 Å². The number of esters is 1. The van der Waals surface area contributed by atoms with E-state index in [1.165, 1.54) is 0 Å². The van der Waals surface area contributed by atoms with Gasteiger partial charge in [0.05, 0.1) is 7.11 Å². The third-order valence-corrected chi connectivity index (χ3v) is 0.927. The maximum absolute atomic E-state index is 11.5. The van der Waals surface area contributed by atoms with Gasteiger partial charge in [-0.1, -0.05) is 0 Å². The van der Waals surface area contributed by atoms with E-state index < -0.39 is 24.8 Å². The highest BCUT2D eigenvalue weighted by Gasteiger charge is 2.22. The first kappa shape index (κ1) is 9.83. The summed E-state index contributed by atoms with van der Waals surface area (Å²) in [4.78, 5) is 10.6. The van der Waals surface area contributed by atoms with Crippen molar-refractivity contribution in [1.29, 1.82) is 5.41 Å². The first-order valence-electron chi connectivity index (χ1n) is 2.72. The number of ether oxygens (including phenoxy) is 2. The number of carbonyl (C=O) groups is 1. The van der Waals surface area contributed by atoms with Crippen LogP contribution < -0.4 is 5.73 Å². The number of rotatable bonds is 4. The first-order valence-corrected chi connectivity index (χ1v) is 2.72. The first-order chi connectivity index (χ1) is 5.13. The van der Waals surface area contributed by atoms with Crippen LogP contribution >= 0.6 is 0 Å². The molecule has 5 nitrogen and oxygen atoms in total. The van der Waals surface area contributed by atoms with Crippen LogP contribution in [0.15, 0.2) is 0 Å². The second kappa shape index (κ2) is 4.62. The molecule has 1 unspecified atom stereocenters. The minimum Gasteiger partial charge on any atom is -0.467 e. The number of nitrogens with two attached hydrogens (primary N) is 1. The normalized spacial score (nSPS) is 12.2. The lowest BCUT2D eigenvalue weighted by Gasteiger charge is -2.10. The van der Waals surface area contributed by atoms with E-state index in [2.05, 4.69) is 9.47 Å². The molecule has 0 aromatic carbocycles. The quantitative estimate of drug-likeness (QED) is 0.330. The molecular formula is C5H9FN2O3. The average molecular weight is 164 g/mol. The Labute approximate surface area is 62.8 Å². The fraction of sp³-hybridized carbons (Fsp3) is 0.600. The van der Waals surface area contributed by atoms with Gasteiger partial charge >= 0.3 is 5.97 Å². The van der Waals surface area contributed by atoms with Gasteiger partial charge in [-0.25, -0.2) is 9.18 Å². The Morgan fingerprint density at radius 3 is 2.64 bits per heavy atom. The zero-order valence-corrected chi connectivity index (χ0v) is 5.96. The maximum atomic E-state index is 11.5. The zero-order chi connectivity index (χ0) is 8.85. The minimum absolute atomic E-state index is 0.575. The number of amidine groups is 1. The molecule has 0 fully saturated rings. The van der Waals surface area contributed by atoms with E-state index in [0.29, 0.717) is 0 Å². The lowest BCUT2D eigenvalue weighted by atomic mass is 10.3. The Balaban J connectivity index is 4.09. The van der Waals surface area contributed by atoms with Crippen LogP contribution in [0.4, 0.5) is 4.39 Å². The molecule has 0 radical (unpaired) electrons. The summed E-state index contributed by atoms with van der Waals surface area (Å²) >= 11 is 0. The summed E-state index contributed by atoms with van der Waals surface area (Å²) < 4.78 is 19.9. The molecule has 3 N–H and O–H groups in total. The SMILES string of the molecule is COC(=O)C(OCF)C(=N)N. The van der Waals surface area contributed by atoms with Crippen molar-refractivity contribution in [3.8, 4) is 0 Å². The highest BCUT2D eigenvalue weighted by molar-refractivity contribution is 6.01. The molecule has 11 heavy (non-hydrogen) atoms. The van der Waals surface area contributed by atoms with Gasteiger partial charge in [0, 0.05) is 0 Å². The number of hydrogen-bond donors (Lipinski definition) is 2. The van der Waals surface area contributed by atoms with Crippen molar-refractivity contribution in [2.45, 2.75) is 6.10 Å². The van der Waals surface area contributed by atoms with Gasteiger partial charge in [0.15, 0.2) is 6.86 Å². The van der Waals surface area contributed by atoms with Crippen LogP contribution in [-0.4, -0.2) is 31.9 Å². The van der Waals surface area contributed by atoms with Crippen molar-refractivity contribution in [3.05, 3.63) is 0 Å². The predicted octanol–water partition coefficient (Wildman–Crippen LogP) is -0.592. The number of nitrogens with one attached hydrogen (secondary N) is 1. The maximum Gasteiger partial charge on any atom is 0.343 e. The Hall–Kier alpha value is -1.17. The molecule has 0 saturated heterocycles. The standard InChI is InChI=1S/C5H9FN2O3/c1-10-5(9)3(4(7)8)11-2-6/h3H,2H2,1H3,(H3,7,8). The average Bonchev–Trinajstić information content (AvgIpc) is 1.98. The number of carbonyl (C=O) groups excluding carboxylic acids is 1. The molecule has 0 saturated carbocycles. The van der Waals surface area contributed by atoms with E-state index in [1.807, 2.05) is 0 Å². The van der Waals surface area contributed by atoms with E-state index in [-0.39, 0.29) is 0 Å². The van der Waals surface area contributed by atoms with Gasteiger partial charge in [-0.3, -0.25) is 5.41 Å². The summed E-state index contributed by atoms with van der Waals surface area (Å²) in [5.74, 6) is -1.45. The largest absolute Gasteiger partial charge is 0.467 e. The third-order valence-electron chi connectivity index (χ3n) is 0.927. The molecule has 0 heterocycles. The van der Waals surface area contributed by atoms with Crippen molar-refractivity contribution in [2.75, 3.05) is 14.0 Å². The fourth-order valence-electron chi connectivity index (χ4n) is 0.455. The van der Waals surface area contributed by atoms with E-state index >= 15 is 0 Å². The number of hydrogen-bond acceptors (Lipinski definition) is 4. The lowest BCUT2D eigenvalue weighted by Crippen LogP contribution is -2.38. The van der Waals surface area contributed by atoms with Gasteiger partial charge in [0.25, 0.3) is 0 Å². The topological polar surface area (TPSA) is 85.4 Å². The molecule has 6 heteroatoms. The van der Waals surface area contributed by atoms with Crippen LogP contribution in [0.2, 0.25) is 0 Å². The molecule has 0 amide bonds. The molecule has 1 atom stereocenters. The summed E-state index contributed by atoms with van der Waals surface area (Å²) in [7, 11) is 1.10. The highest BCUT2D eigenvalue weighted by atomic mass is 19.1. The van der Waals surface area contributed by atoms with Crippen LogP contribution in [0.3, 0.4) is 0 Å². The Bertz CT molecular complexity index is 162. The fourth-order valence-corrected chi connectivity index (χ4v) is 0.455. The van der Waals surface area contributed by atoms with Crippen molar-refractivity contribution in [3.63, 3.8) is 0 Å². The molecule has 0 rings (SSSR count). The Morgan fingerprint density at radius 2 is 2.36 bits per heavy atom. The molecular weight excluding hydrogens is 155 g/mol. The summed E-state index contributed by atoms with van der Waals surface area (Å²) in [6, 6.07) is 0. The Morgan fingerprint density at radius 1 is 1.82 bits per heavy atom. The molecule has 0 aliphatic rings. The van der Waals surface area contributed by atoms with Crippen LogP contribution in [0.1, 0.15) is 0 Å². The summed E-state index contributed by atoms with van der Waals surface area (Å²) in [6.45, 7) is -1.18. The van der Waals surface area contributed by atoms with Gasteiger partial charge < -0.3 is 15.2 Å². The minimum atomic E-state index is -1.43. The van der Waals surface area contributed by atoms with Gasteiger partial charge in [0.2, 0.25) is 6.10 Å². The van der Waals surface area contributed by atoms with Gasteiger partial charge in [-0.05, 0) is 0 Å². The van der Waals surface area contributed by atoms with Crippen molar-refractivity contribution in [1.82, 2.24) is 0 Å². The monoisotopic (exact) mass is 164 g/mol. The molecule has 64 valence electrons. The number of methoxy groups -OCH3 is 1. The van der Waals surface area contributed by atoms with Crippen molar-refractivity contribution >= 4 is 11.8 Å². The van der Waals surface area contributed by atoms with Crippen LogP contribution in [0.25, 0.3) is 0 Å². The van der Waals surface area contributed by atoms with Crippen LogP contribution in [0.5, 0.6) is 0 Å². The lowest BCUT2D eigenvalue weighted by molar-refractivity contribution is -0.151. The summed E-state index contributed by atoms with van der Waals surface area (Å²) in [5, 5.41) is 6.77. The smallest absolute Gasteiger partial charge is 0.343 e. The predicted molar refractivity (Wildman–Crippen MR) is 34.8 cm³/mol. The van der Waals surface area contributed by atoms with Gasteiger partial charge in [0.1, 0.15) is 5.84 Å². The third kappa shape index (κ3) is 2.94. The summed E-state index contributed by atoms with van der Waals surface area (Å²) in [6.07, 6.45) is -1.43. The second-order valence-corrected chi connectivity index (χ2v) is 1.63. The van der Waals surface area contributed by atoms with E-state index in [9.17, 15) is 9.18 Å². The van der Waals surface area contributed by atoms with Gasteiger partial charge in [-0.2, -0.15) is 0 Å². The molecule has 0 bridgehead atoms. The molecule has 0 aromatic heterocycles. The Kier molecular flexibility index (Phi) is 4.12. The number of alkyl halides is 1. The number of halogens is 1. The van der Waals surface area contributed by atoms with E-state index in [4.69, 9.17) is 11.1 Å². The molecule has 0 aliphatic heterocycles.